The lowest BCUT2D eigenvalue weighted by Crippen LogP contribution is -2.52. The summed E-state index contributed by atoms with van der Waals surface area (Å²) in [7, 11) is 0. The standard InChI is InChI=1S/C12H20N2O2/c15-8-12-3-1-2-10(12)6-14(7-12)11(16)9-4-13-5-9/h9-10,13,15H,1-8H2/t10-,12-/m1/s1. The summed E-state index contributed by atoms with van der Waals surface area (Å²) in [5.74, 6) is 1.06. The highest BCUT2D eigenvalue weighted by molar-refractivity contribution is 5.80. The molecule has 2 atom stereocenters. The van der Waals surface area contributed by atoms with Crippen LogP contribution in [-0.2, 0) is 4.79 Å². The number of likely N-dealkylation sites (tertiary alicyclic amines) is 1. The van der Waals surface area contributed by atoms with E-state index in [9.17, 15) is 9.90 Å². The molecule has 2 aliphatic heterocycles. The Morgan fingerprint density at radius 1 is 1.50 bits per heavy atom. The largest absolute Gasteiger partial charge is 0.396 e. The quantitative estimate of drug-likeness (QED) is 0.684. The molecule has 2 N–H and O–H groups in total. The van der Waals surface area contributed by atoms with Crippen molar-refractivity contribution in [1.29, 1.82) is 0 Å². The van der Waals surface area contributed by atoms with Gasteiger partial charge in [0.25, 0.3) is 0 Å². The highest BCUT2D eigenvalue weighted by atomic mass is 16.3. The molecule has 0 bridgehead atoms. The summed E-state index contributed by atoms with van der Waals surface area (Å²) >= 11 is 0. The Balaban J connectivity index is 1.69. The summed E-state index contributed by atoms with van der Waals surface area (Å²) in [4.78, 5) is 14.1. The number of hydrogen-bond donors (Lipinski definition) is 2. The predicted octanol–water partition coefficient (Wildman–Crippen LogP) is -0.173. The molecule has 0 aromatic rings. The van der Waals surface area contributed by atoms with Crippen LogP contribution in [0.2, 0.25) is 0 Å². The summed E-state index contributed by atoms with van der Waals surface area (Å²) in [5.41, 5.74) is 0.0484. The summed E-state index contributed by atoms with van der Waals surface area (Å²) in [6, 6.07) is 0. The Hall–Kier alpha value is -0.610. The van der Waals surface area contributed by atoms with Crippen LogP contribution in [-0.4, -0.2) is 48.7 Å². The number of amides is 1. The Labute approximate surface area is 96.0 Å². The molecule has 0 spiro atoms. The minimum atomic E-state index is 0.0484. The topological polar surface area (TPSA) is 52.6 Å². The lowest BCUT2D eigenvalue weighted by molar-refractivity contribution is -0.136. The third-order valence-corrected chi connectivity index (χ3v) is 4.80. The van der Waals surface area contributed by atoms with Gasteiger partial charge >= 0.3 is 0 Å². The molecule has 3 rings (SSSR count). The van der Waals surface area contributed by atoms with Crippen LogP contribution in [0.5, 0.6) is 0 Å². The zero-order valence-corrected chi connectivity index (χ0v) is 9.61. The number of nitrogens with zero attached hydrogens (tertiary/aromatic N) is 1. The first-order valence-electron chi connectivity index (χ1n) is 6.35. The van der Waals surface area contributed by atoms with Crippen molar-refractivity contribution >= 4 is 5.91 Å². The molecule has 4 nitrogen and oxygen atoms in total. The van der Waals surface area contributed by atoms with Gasteiger partial charge in [0.2, 0.25) is 5.91 Å². The minimum Gasteiger partial charge on any atom is -0.396 e. The van der Waals surface area contributed by atoms with Crippen molar-refractivity contribution in [3.8, 4) is 0 Å². The summed E-state index contributed by atoms with van der Waals surface area (Å²) in [6.07, 6.45) is 3.51. The first-order chi connectivity index (χ1) is 7.75. The van der Waals surface area contributed by atoms with E-state index in [2.05, 4.69) is 5.32 Å². The third-order valence-electron chi connectivity index (χ3n) is 4.80. The molecule has 16 heavy (non-hydrogen) atoms. The van der Waals surface area contributed by atoms with Gasteiger partial charge in [-0.05, 0) is 18.8 Å². The van der Waals surface area contributed by atoms with Gasteiger partial charge in [-0.1, -0.05) is 6.42 Å². The molecule has 2 heterocycles. The molecule has 90 valence electrons. The van der Waals surface area contributed by atoms with E-state index < -0.39 is 0 Å². The molecule has 2 saturated heterocycles. The molecule has 0 aromatic heterocycles. The van der Waals surface area contributed by atoms with E-state index in [1.165, 1.54) is 12.8 Å². The van der Waals surface area contributed by atoms with Crippen molar-refractivity contribution in [3.63, 3.8) is 0 Å². The predicted molar refractivity (Wildman–Crippen MR) is 59.8 cm³/mol. The van der Waals surface area contributed by atoms with Crippen molar-refractivity contribution in [1.82, 2.24) is 10.2 Å². The number of hydrogen-bond acceptors (Lipinski definition) is 3. The molecule has 0 unspecified atom stereocenters. The molecule has 1 saturated carbocycles. The van der Waals surface area contributed by atoms with Gasteiger partial charge in [0.15, 0.2) is 0 Å². The first kappa shape index (κ1) is 10.5. The molecule has 1 aliphatic carbocycles. The molecule has 0 aromatic carbocycles. The fourth-order valence-electron chi connectivity index (χ4n) is 3.56. The number of nitrogens with one attached hydrogen (secondary N) is 1. The molecular weight excluding hydrogens is 204 g/mol. The number of rotatable bonds is 2. The lowest BCUT2D eigenvalue weighted by Gasteiger charge is -2.31. The Kier molecular flexibility index (Phi) is 2.44. The lowest BCUT2D eigenvalue weighted by atomic mass is 9.82. The summed E-state index contributed by atoms with van der Waals surface area (Å²) < 4.78 is 0. The first-order valence-corrected chi connectivity index (χ1v) is 6.35. The third kappa shape index (κ3) is 1.39. The molecule has 0 radical (unpaired) electrons. The Morgan fingerprint density at radius 3 is 2.88 bits per heavy atom. The van der Waals surface area contributed by atoms with Crippen LogP contribution in [0.3, 0.4) is 0 Å². The molecule has 3 aliphatic rings. The normalized spacial score (nSPS) is 38.6. The van der Waals surface area contributed by atoms with Crippen molar-refractivity contribution in [2.24, 2.45) is 17.3 Å². The molecular formula is C12H20N2O2. The summed E-state index contributed by atoms with van der Waals surface area (Å²) in [5, 5.41) is 12.7. The number of aliphatic hydroxyl groups excluding tert-OH is 1. The number of carbonyl (C=O) groups is 1. The minimum absolute atomic E-state index is 0.0484. The van der Waals surface area contributed by atoms with E-state index in [1.807, 2.05) is 4.90 Å². The van der Waals surface area contributed by atoms with Crippen molar-refractivity contribution in [3.05, 3.63) is 0 Å². The van der Waals surface area contributed by atoms with Gasteiger partial charge in [-0.25, -0.2) is 0 Å². The second-order valence-electron chi connectivity index (χ2n) is 5.68. The monoisotopic (exact) mass is 224 g/mol. The molecule has 3 fully saturated rings. The van der Waals surface area contributed by atoms with Gasteiger partial charge < -0.3 is 15.3 Å². The smallest absolute Gasteiger partial charge is 0.228 e. The fraction of sp³-hybridized carbons (Fsp3) is 0.917. The highest BCUT2D eigenvalue weighted by Gasteiger charge is 2.51. The van der Waals surface area contributed by atoms with Crippen LogP contribution in [0.1, 0.15) is 19.3 Å². The second kappa shape index (κ2) is 3.70. The van der Waals surface area contributed by atoms with E-state index >= 15 is 0 Å². The van der Waals surface area contributed by atoms with E-state index in [4.69, 9.17) is 0 Å². The van der Waals surface area contributed by atoms with Gasteiger partial charge in [0, 0.05) is 31.6 Å². The van der Waals surface area contributed by atoms with Crippen molar-refractivity contribution < 1.29 is 9.90 Å². The Bertz CT molecular complexity index is 303. The molecule has 4 heteroatoms. The van der Waals surface area contributed by atoms with Crippen LogP contribution < -0.4 is 5.32 Å². The maximum Gasteiger partial charge on any atom is 0.228 e. The van der Waals surface area contributed by atoms with Gasteiger partial charge in [-0.3, -0.25) is 4.79 Å². The maximum atomic E-state index is 12.1. The van der Waals surface area contributed by atoms with Crippen LogP contribution >= 0.6 is 0 Å². The SMILES string of the molecule is O=C(C1CNC1)N1C[C@H]2CCC[C@]2(CO)C1. The van der Waals surface area contributed by atoms with Gasteiger partial charge in [0.1, 0.15) is 0 Å². The van der Waals surface area contributed by atoms with Crippen molar-refractivity contribution in [2.75, 3.05) is 32.8 Å². The number of fused-ring (bicyclic) bond motifs is 1. The van der Waals surface area contributed by atoms with Crippen LogP contribution in [0.25, 0.3) is 0 Å². The maximum absolute atomic E-state index is 12.1. The van der Waals surface area contributed by atoms with Crippen LogP contribution in [0, 0.1) is 17.3 Å². The van der Waals surface area contributed by atoms with E-state index in [1.54, 1.807) is 0 Å². The number of aliphatic hydroxyl groups is 1. The average Bonchev–Trinajstić information content (AvgIpc) is 2.70. The van der Waals surface area contributed by atoms with E-state index in [-0.39, 0.29) is 17.9 Å². The highest BCUT2D eigenvalue weighted by Crippen LogP contribution is 2.48. The van der Waals surface area contributed by atoms with Crippen LogP contribution in [0.4, 0.5) is 0 Å². The molecule has 1 amide bonds. The average molecular weight is 224 g/mol. The summed E-state index contributed by atoms with van der Waals surface area (Å²) in [6.45, 7) is 3.61. The Morgan fingerprint density at radius 2 is 2.31 bits per heavy atom. The van der Waals surface area contributed by atoms with Gasteiger partial charge in [-0.15, -0.1) is 0 Å². The zero-order valence-electron chi connectivity index (χ0n) is 9.61. The fourth-order valence-corrected chi connectivity index (χ4v) is 3.56. The van der Waals surface area contributed by atoms with E-state index in [0.29, 0.717) is 11.8 Å². The van der Waals surface area contributed by atoms with Gasteiger partial charge in [0.05, 0.1) is 12.5 Å². The van der Waals surface area contributed by atoms with Gasteiger partial charge in [-0.2, -0.15) is 0 Å². The zero-order chi connectivity index (χ0) is 11.2. The van der Waals surface area contributed by atoms with Crippen molar-refractivity contribution in [2.45, 2.75) is 19.3 Å². The second-order valence-corrected chi connectivity index (χ2v) is 5.68. The number of carbonyl (C=O) groups excluding carboxylic acids is 1. The van der Waals surface area contributed by atoms with E-state index in [0.717, 1.165) is 32.6 Å². The van der Waals surface area contributed by atoms with Crippen LogP contribution in [0.15, 0.2) is 0 Å².